The van der Waals surface area contributed by atoms with Crippen molar-refractivity contribution in [1.82, 2.24) is 5.32 Å². The Labute approximate surface area is 354 Å². The van der Waals surface area contributed by atoms with Gasteiger partial charge in [-0.1, -0.05) is 73.3 Å². The zero-order chi connectivity index (χ0) is 43.5. The molecular formula is C48H75NO10. The predicted octanol–water partition coefficient (Wildman–Crippen LogP) is 6.51. The first-order valence-corrected chi connectivity index (χ1v) is 22.7. The molecule has 18 atom stereocenters. The van der Waals surface area contributed by atoms with Crippen LogP contribution in [0.3, 0.4) is 0 Å². The molecule has 2 spiro atoms. The highest BCUT2D eigenvalue weighted by Crippen LogP contribution is 2.54. The lowest BCUT2D eigenvalue weighted by molar-refractivity contribution is -0.398. The third-order valence-electron chi connectivity index (χ3n) is 15.2. The Balaban J connectivity index is 1.34. The number of Topliss-reactive ketones (excluding diaryl/α,β-unsaturated/α-hetero) is 1. The molecule has 0 aliphatic carbocycles. The molecule has 5 aliphatic heterocycles. The lowest BCUT2D eigenvalue weighted by Gasteiger charge is -2.55. The van der Waals surface area contributed by atoms with Crippen LogP contribution in [0.1, 0.15) is 133 Å². The van der Waals surface area contributed by atoms with Crippen molar-refractivity contribution in [3.63, 3.8) is 0 Å². The van der Waals surface area contributed by atoms with Gasteiger partial charge >= 0.3 is 5.97 Å². The van der Waals surface area contributed by atoms with E-state index in [2.05, 4.69) is 50.9 Å². The van der Waals surface area contributed by atoms with E-state index in [0.29, 0.717) is 57.9 Å². The molecule has 0 aromatic heterocycles. The average Bonchev–Trinajstić information content (AvgIpc) is 3.56. The molecule has 0 saturated carbocycles. The molecule has 5 heterocycles. The van der Waals surface area contributed by atoms with Gasteiger partial charge in [-0.15, -0.1) is 12.8 Å². The minimum atomic E-state index is -1.18. The lowest BCUT2D eigenvalue weighted by atomic mass is 9.72. The van der Waals surface area contributed by atoms with Gasteiger partial charge in [0.25, 0.3) is 0 Å². The number of hydrogen-bond acceptors (Lipinski definition) is 11. The molecule has 3 N–H and O–H groups in total. The van der Waals surface area contributed by atoms with Gasteiger partial charge in [0.1, 0.15) is 5.78 Å². The van der Waals surface area contributed by atoms with E-state index in [1.54, 1.807) is 0 Å². The number of aliphatic hydroxyl groups is 2. The normalized spacial score (nSPS) is 42.3. The maximum absolute atomic E-state index is 14.7. The Morgan fingerprint density at radius 3 is 2.27 bits per heavy atom. The molecule has 0 amide bonds. The van der Waals surface area contributed by atoms with E-state index in [4.69, 9.17) is 41.3 Å². The number of rotatable bonds is 15. The number of aliphatic hydroxyl groups excluding tert-OH is 1. The lowest BCUT2D eigenvalue weighted by Crippen LogP contribution is -2.65. The van der Waals surface area contributed by atoms with Crippen LogP contribution in [-0.4, -0.2) is 101 Å². The summed E-state index contributed by atoms with van der Waals surface area (Å²) in [4.78, 5) is 27.5. The van der Waals surface area contributed by atoms with E-state index < -0.39 is 52.7 Å². The SMILES string of the molecule is C#CCN[C@@H]1C=C[C@]2(O[C@H]([C@@H](CC)C(=O)[C@@H](C)[C@@H](O)[C@H](C)C3OC(C(CC)C(=O)OCC#C)CC[C@@H]3C)[C@@H](C)C[C@H]2C)O[C@@]12CC[C@@](C)([C@H]1CC[C@](O)(CC)[C@H](C)O1)O2. The number of esters is 1. The first-order valence-electron chi connectivity index (χ1n) is 22.7. The highest BCUT2D eigenvalue weighted by molar-refractivity contribution is 5.84. The monoisotopic (exact) mass is 826 g/mol. The number of ether oxygens (including phenoxy) is 6. The van der Waals surface area contributed by atoms with E-state index in [-0.39, 0.29) is 72.5 Å². The number of terminal acetylenes is 2. The molecule has 0 aromatic rings. The molecule has 4 saturated heterocycles. The zero-order valence-electron chi connectivity index (χ0n) is 37.5. The fraction of sp³-hybridized carbons (Fsp3) is 0.833. The minimum absolute atomic E-state index is 0.0309. The van der Waals surface area contributed by atoms with E-state index in [1.807, 2.05) is 47.6 Å². The molecule has 59 heavy (non-hydrogen) atoms. The van der Waals surface area contributed by atoms with E-state index >= 15 is 0 Å². The van der Waals surface area contributed by atoms with E-state index in [9.17, 15) is 19.8 Å². The molecule has 11 nitrogen and oxygen atoms in total. The summed E-state index contributed by atoms with van der Waals surface area (Å²) in [7, 11) is 0. The quantitative estimate of drug-likeness (QED) is 0.0946. The summed E-state index contributed by atoms with van der Waals surface area (Å²) in [5.74, 6) is 0.366. The number of nitrogens with one attached hydrogen (secondary N) is 1. The minimum Gasteiger partial charge on any atom is -0.452 e. The molecule has 4 fully saturated rings. The molecule has 0 aromatic carbocycles. The summed E-state index contributed by atoms with van der Waals surface area (Å²) in [6, 6.07) is -0.362. The van der Waals surface area contributed by atoms with Crippen LogP contribution in [0.5, 0.6) is 0 Å². The van der Waals surface area contributed by atoms with Crippen molar-refractivity contribution in [3.05, 3.63) is 12.2 Å². The Kier molecular flexibility index (Phi) is 15.7. The van der Waals surface area contributed by atoms with Crippen molar-refractivity contribution in [1.29, 1.82) is 0 Å². The van der Waals surface area contributed by atoms with Crippen LogP contribution in [0.2, 0.25) is 0 Å². The molecule has 332 valence electrons. The van der Waals surface area contributed by atoms with Gasteiger partial charge in [-0.3, -0.25) is 14.9 Å². The highest BCUT2D eigenvalue weighted by Gasteiger charge is 2.63. The number of hydrogen-bond donors (Lipinski definition) is 3. The van der Waals surface area contributed by atoms with Crippen LogP contribution >= 0.6 is 0 Å². The van der Waals surface area contributed by atoms with Crippen molar-refractivity contribution in [2.75, 3.05) is 13.2 Å². The Morgan fingerprint density at radius 2 is 1.64 bits per heavy atom. The van der Waals surface area contributed by atoms with Crippen molar-refractivity contribution in [2.45, 2.75) is 199 Å². The Morgan fingerprint density at radius 1 is 0.932 bits per heavy atom. The molecule has 0 radical (unpaired) electrons. The molecular weight excluding hydrogens is 751 g/mol. The number of ketones is 1. The van der Waals surface area contributed by atoms with E-state index in [0.717, 1.165) is 12.8 Å². The van der Waals surface area contributed by atoms with Gasteiger partial charge in [-0.05, 0) is 89.5 Å². The summed E-state index contributed by atoms with van der Waals surface area (Å²) < 4.78 is 39.9. The Hall–Kier alpha value is -2.32. The van der Waals surface area contributed by atoms with Gasteiger partial charge in [-0.2, -0.15) is 0 Å². The summed E-state index contributed by atoms with van der Waals surface area (Å²) in [6.07, 6.45) is 18.8. The topological polar surface area (TPSA) is 142 Å². The van der Waals surface area contributed by atoms with Gasteiger partial charge in [0.05, 0.1) is 66.3 Å². The van der Waals surface area contributed by atoms with Crippen molar-refractivity contribution < 1.29 is 48.2 Å². The average molecular weight is 826 g/mol. The predicted molar refractivity (Wildman–Crippen MR) is 225 cm³/mol. The fourth-order valence-electron chi connectivity index (χ4n) is 11.1. The maximum Gasteiger partial charge on any atom is 0.312 e. The Bertz CT molecular complexity index is 1570. The summed E-state index contributed by atoms with van der Waals surface area (Å²) in [5, 5.41) is 26.5. The van der Waals surface area contributed by atoms with Crippen molar-refractivity contribution >= 4 is 11.8 Å². The summed E-state index contributed by atoms with van der Waals surface area (Å²) >= 11 is 0. The van der Waals surface area contributed by atoms with Crippen molar-refractivity contribution in [3.8, 4) is 24.7 Å². The first-order chi connectivity index (χ1) is 27.9. The standard InChI is InChI=1S/C48H75NO10/c1-13-26-49-38-20-23-47(59-48(38)25-24-45(12,58-48)39-21-22-46(53,17-5)34(11)55-39)31(8)28-30(7)43(57-47)36(16-4)41(51)32(9)40(50)33(10)42-29(6)18-19-37(56-42)35(15-3)44(52)54-27-14-2/h1-2,20,23,29-40,42-43,49-50,53H,15-19,21-22,24-28H2,3-12H3/t29-,30-,31+,32-,33-,34-,35?,36-,37?,38+,39+,40+,42?,43-,45-,46+,47-,48-/m0/s1. The molecule has 0 bridgehead atoms. The van der Waals surface area contributed by atoms with Crippen molar-refractivity contribution in [2.24, 2.45) is 41.4 Å². The number of carbonyl (C=O) groups excluding carboxylic acids is 2. The summed E-state index contributed by atoms with van der Waals surface area (Å²) in [5.41, 5.74) is -1.56. The molecule has 5 rings (SSSR count). The van der Waals surface area contributed by atoms with E-state index in [1.165, 1.54) is 0 Å². The maximum atomic E-state index is 14.7. The molecule has 3 unspecified atom stereocenters. The van der Waals surface area contributed by atoms with Crippen LogP contribution in [0.25, 0.3) is 0 Å². The zero-order valence-corrected chi connectivity index (χ0v) is 37.5. The first kappa shape index (κ1) is 47.7. The van der Waals surface area contributed by atoms with Crippen LogP contribution in [-0.2, 0) is 38.0 Å². The van der Waals surface area contributed by atoms with Gasteiger partial charge < -0.3 is 38.6 Å². The third kappa shape index (κ3) is 9.54. The molecule has 11 heteroatoms. The second-order valence-electron chi connectivity index (χ2n) is 19.0. The van der Waals surface area contributed by atoms with Crippen LogP contribution in [0.4, 0.5) is 0 Å². The van der Waals surface area contributed by atoms with Crippen LogP contribution < -0.4 is 5.32 Å². The smallest absolute Gasteiger partial charge is 0.312 e. The summed E-state index contributed by atoms with van der Waals surface area (Å²) in [6.45, 7) is 20.3. The number of carbonyl (C=O) groups is 2. The largest absolute Gasteiger partial charge is 0.452 e. The molecule has 5 aliphatic rings. The van der Waals surface area contributed by atoms with Gasteiger partial charge in [-0.25, -0.2) is 0 Å². The van der Waals surface area contributed by atoms with Crippen LogP contribution in [0.15, 0.2) is 12.2 Å². The fourth-order valence-corrected chi connectivity index (χ4v) is 11.1. The van der Waals surface area contributed by atoms with Crippen LogP contribution in [0, 0.1) is 66.1 Å². The third-order valence-corrected chi connectivity index (χ3v) is 15.2. The second-order valence-corrected chi connectivity index (χ2v) is 19.0. The highest BCUT2D eigenvalue weighted by atomic mass is 16.8. The second kappa shape index (κ2) is 19.4. The van der Waals surface area contributed by atoms with Gasteiger partial charge in [0.15, 0.2) is 18.2 Å². The van der Waals surface area contributed by atoms with Gasteiger partial charge in [0.2, 0.25) is 0 Å². The van der Waals surface area contributed by atoms with Gasteiger partial charge in [0, 0.05) is 30.1 Å².